The minimum absolute atomic E-state index is 0.627. The summed E-state index contributed by atoms with van der Waals surface area (Å²) in [5.41, 5.74) is 1.28. The highest BCUT2D eigenvalue weighted by molar-refractivity contribution is 4.98. The van der Waals surface area contributed by atoms with Crippen LogP contribution in [0.2, 0.25) is 0 Å². The van der Waals surface area contributed by atoms with E-state index in [-0.39, 0.29) is 0 Å². The highest BCUT2D eigenvalue weighted by atomic mass is 14.1. The molecule has 0 aliphatic rings. The van der Waals surface area contributed by atoms with Crippen molar-refractivity contribution in [3.63, 3.8) is 0 Å². The number of rotatable bonds is 7. The number of hydrogen-bond acceptors (Lipinski definition) is 0. The van der Waals surface area contributed by atoms with Gasteiger partial charge in [0.15, 0.2) is 0 Å². The third kappa shape index (κ3) is 4.95. The lowest BCUT2D eigenvalue weighted by Crippen LogP contribution is -1.99. The second-order valence-corrected chi connectivity index (χ2v) is 3.29. The van der Waals surface area contributed by atoms with E-state index in [2.05, 4.69) is 26.7 Å². The van der Waals surface area contributed by atoms with Crippen LogP contribution in [0.4, 0.5) is 0 Å². The molecular weight excluding hydrogens is 144 g/mol. The van der Waals surface area contributed by atoms with Gasteiger partial charge in [0.1, 0.15) is 0 Å². The van der Waals surface area contributed by atoms with Crippen LogP contribution >= 0.6 is 0 Å². The molecule has 0 saturated heterocycles. The molecule has 0 aromatic rings. The molecule has 0 heteroatoms. The predicted octanol–water partition coefficient (Wildman–Crippen LogP) is 4.11. The molecule has 1 atom stereocenters. The zero-order chi connectivity index (χ0) is 9.40. The van der Waals surface area contributed by atoms with Crippen molar-refractivity contribution in [2.75, 3.05) is 0 Å². The van der Waals surface area contributed by atoms with Crippen molar-refractivity contribution in [3.8, 4) is 0 Å². The number of unbranched alkanes of at least 4 members (excludes halogenated alkanes) is 1. The lowest BCUT2D eigenvalue weighted by molar-refractivity contribution is 0.546. The summed E-state index contributed by atoms with van der Waals surface area (Å²) in [6, 6.07) is 0. The van der Waals surface area contributed by atoms with Crippen LogP contribution in [-0.4, -0.2) is 0 Å². The number of hydrogen-bond donors (Lipinski definition) is 0. The number of allylic oxidation sites excluding steroid dienone is 3. The molecule has 0 spiro atoms. The molecule has 0 bridgehead atoms. The molecule has 0 saturated carbocycles. The molecular formula is C12H20. The molecule has 68 valence electrons. The second kappa shape index (κ2) is 6.90. The van der Waals surface area contributed by atoms with E-state index in [0.717, 1.165) is 12.8 Å². The van der Waals surface area contributed by atoms with Crippen LogP contribution in [0.1, 0.15) is 32.6 Å². The molecule has 0 aliphatic carbocycles. The van der Waals surface area contributed by atoms with E-state index in [1.807, 2.05) is 12.2 Å². The average Bonchev–Trinajstić information content (AvgIpc) is 2.03. The molecule has 0 radical (unpaired) electrons. The Hall–Kier alpha value is -0.780. The molecule has 0 fully saturated rings. The van der Waals surface area contributed by atoms with Gasteiger partial charge >= 0.3 is 0 Å². The van der Waals surface area contributed by atoms with E-state index in [0.29, 0.717) is 5.92 Å². The summed E-state index contributed by atoms with van der Waals surface area (Å²) in [4.78, 5) is 0. The molecule has 0 nitrogen and oxygen atoms in total. The Kier molecular flexibility index (Phi) is 6.45. The van der Waals surface area contributed by atoms with Gasteiger partial charge in [0, 0.05) is 0 Å². The van der Waals surface area contributed by atoms with Crippen molar-refractivity contribution in [2.24, 2.45) is 5.92 Å². The van der Waals surface area contributed by atoms with Crippen molar-refractivity contribution in [3.05, 3.63) is 37.5 Å². The summed E-state index contributed by atoms with van der Waals surface area (Å²) >= 11 is 0. The van der Waals surface area contributed by atoms with E-state index < -0.39 is 0 Å². The zero-order valence-corrected chi connectivity index (χ0v) is 8.18. The van der Waals surface area contributed by atoms with Crippen molar-refractivity contribution in [1.82, 2.24) is 0 Å². The van der Waals surface area contributed by atoms with Crippen molar-refractivity contribution in [1.29, 1.82) is 0 Å². The summed E-state index contributed by atoms with van der Waals surface area (Å²) in [7, 11) is 0. The topological polar surface area (TPSA) is 0 Å². The molecule has 0 aliphatic heterocycles. The maximum Gasteiger partial charge on any atom is -0.0174 e. The van der Waals surface area contributed by atoms with E-state index in [1.165, 1.54) is 18.4 Å². The molecule has 0 N–H and O–H groups in total. The largest absolute Gasteiger partial charge is 0.103 e. The quantitative estimate of drug-likeness (QED) is 0.392. The molecule has 1 unspecified atom stereocenters. The van der Waals surface area contributed by atoms with E-state index in [9.17, 15) is 0 Å². The fourth-order valence-electron chi connectivity index (χ4n) is 1.28. The highest BCUT2D eigenvalue weighted by Gasteiger charge is 2.05. The molecule has 0 aromatic carbocycles. The monoisotopic (exact) mass is 164 g/mol. The van der Waals surface area contributed by atoms with Gasteiger partial charge in [-0.2, -0.15) is 0 Å². The van der Waals surface area contributed by atoms with Crippen LogP contribution in [0.25, 0.3) is 0 Å². The van der Waals surface area contributed by atoms with Crippen molar-refractivity contribution < 1.29 is 0 Å². The smallest absolute Gasteiger partial charge is 0.0174 e. The van der Waals surface area contributed by atoms with Gasteiger partial charge in [-0.1, -0.05) is 24.3 Å². The van der Waals surface area contributed by atoms with Gasteiger partial charge in [-0.15, -0.1) is 13.2 Å². The maximum absolute atomic E-state index is 3.98. The van der Waals surface area contributed by atoms with Gasteiger partial charge in [0.2, 0.25) is 0 Å². The first-order chi connectivity index (χ1) is 5.72. The summed E-state index contributed by atoms with van der Waals surface area (Å²) in [5.74, 6) is 0.627. The second-order valence-electron chi connectivity index (χ2n) is 3.29. The first-order valence-electron chi connectivity index (χ1n) is 4.59. The molecule has 0 rings (SSSR count). The first kappa shape index (κ1) is 11.2. The van der Waals surface area contributed by atoms with Gasteiger partial charge in [-0.25, -0.2) is 0 Å². The highest BCUT2D eigenvalue weighted by Crippen LogP contribution is 2.20. The Labute approximate surface area is 76.7 Å². The van der Waals surface area contributed by atoms with E-state index >= 15 is 0 Å². The fourth-order valence-corrected chi connectivity index (χ4v) is 1.28. The lowest BCUT2D eigenvalue weighted by Gasteiger charge is -2.13. The fraction of sp³-hybridized carbons (Fsp3) is 0.500. The van der Waals surface area contributed by atoms with Gasteiger partial charge in [0.05, 0.1) is 0 Å². The Morgan fingerprint density at radius 1 is 1.33 bits per heavy atom. The third-order valence-corrected chi connectivity index (χ3v) is 2.11. The van der Waals surface area contributed by atoms with Gasteiger partial charge in [0.25, 0.3) is 0 Å². The summed E-state index contributed by atoms with van der Waals surface area (Å²) < 4.78 is 0. The predicted molar refractivity (Wildman–Crippen MR) is 57.2 cm³/mol. The Morgan fingerprint density at radius 3 is 2.42 bits per heavy atom. The Bertz CT molecular complexity index is 153. The standard InChI is InChI=1S/C12H20/c1-5-7-8-10-12(9-6-2)11(3)4/h5-6,12H,1-3,7-10H2,4H3. The zero-order valence-electron chi connectivity index (χ0n) is 8.18. The van der Waals surface area contributed by atoms with Crippen molar-refractivity contribution in [2.45, 2.75) is 32.6 Å². The Morgan fingerprint density at radius 2 is 2.00 bits per heavy atom. The van der Waals surface area contributed by atoms with Gasteiger partial charge < -0.3 is 0 Å². The Balaban J connectivity index is 3.70. The van der Waals surface area contributed by atoms with Crippen LogP contribution in [0.3, 0.4) is 0 Å². The molecule has 0 amide bonds. The van der Waals surface area contributed by atoms with Gasteiger partial charge in [-0.3, -0.25) is 0 Å². The third-order valence-electron chi connectivity index (χ3n) is 2.11. The SMILES string of the molecule is C=CCCCC(CC=C)C(=C)C. The average molecular weight is 164 g/mol. The molecule has 0 heterocycles. The van der Waals surface area contributed by atoms with E-state index in [4.69, 9.17) is 0 Å². The van der Waals surface area contributed by atoms with Crippen molar-refractivity contribution >= 4 is 0 Å². The molecule has 0 aromatic heterocycles. The van der Waals surface area contributed by atoms with E-state index in [1.54, 1.807) is 0 Å². The molecule has 12 heavy (non-hydrogen) atoms. The van der Waals surface area contributed by atoms with Crippen LogP contribution in [0, 0.1) is 5.92 Å². The van der Waals surface area contributed by atoms with Crippen LogP contribution in [0.15, 0.2) is 37.5 Å². The summed E-state index contributed by atoms with van der Waals surface area (Å²) in [6.07, 6.45) is 8.56. The van der Waals surface area contributed by atoms with Crippen LogP contribution in [0.5, 0.6) is 0 Å². The van der Waals surface area contributed by atoms with Crippen LogP contribution < -0.4 is 0 Å². The minimum Gasteiger partial charge on any atom is -0.103 e. The minimum atomic E-state index is 0.627. The van der Waals surface area contributed by atoms with Gasteiger partial charge in [-0.05, 0) is 38.5 Å². The maximum atomic E-state index is 3.98. The normalized spacial score (nSPS) is 12.1. The summed E-state index contributed by atoms with van der Waals surface area (Å²) in [5, 5.41) is 0. The summed E-state index contributed by atoms with van der Waals surface area (Å²) in [6.45, 7) is 13.5. The van der Waals surface area contributed by atoms with Crippen LogP contribution in [-0.2, 0) is 0 Å². The first-order valence-corrected chi connectivity index (χ1v) is 4.59. The lowest BCUT2D eigenvalue weighted by atomic mass is 9.92.